The number of aryl methyl sites for hydroxylation is 1. The van der Waals surface area contributed by atoms with Gasteiger partial charge in [-0.3, -0.25) is 0 Å². The Morgan fingerprint density at radius 1 is 0.900 bits per heavy atom. The van der Waals surface area contributed by atoms with Gasteiger partial charge in [0.25, 0.3) is 0 Å². The third-order valence-electron chi connectivity index (χ3n) is 5.43. The summed E-state index contributed by atoms with van der Waals surface area (Å²) in [7, 11) is 0. The number of nitrogens with zero attached hydrogens (tertiary/aromatic N) is 3. The van der Waals surface area contributed by atoms with E-state index in [2.05, 4.69) is 59.7 Å². The number of aromatic nitrogens is 2. The molecule has 30 heavy (non-hydrogen) atoms. The van der Waals surface area contributed by atoms with Crippen LogP contribution >= 0.6 is 23.4 Å². The zero-order chi connectivity index (χ0) is 21.2. The second-order valence-corrected chi connectivity index (χ2v) is 9.30. The first-order valence-electron chi connectivity index (χ1n) is 11.3. The first-order valence-corrected chi connectivity index (χ1v) is 12.6. The van der Waals surface area contributed by atoms with E-state index < -0.39 is 0 Å². The summed E-state index contributed by atoms with van der Waals surface area (Å²) < 4.78 is 2.43. The van der Waals surface area contributed by atoms with E-state index in [4.69, 9.17) is 16.6 Å². The van der Waals surface area contributed by atoms with E-state index in [1.54, 1.807) is 0 Å². The molecule has 0 N–H and O–H groups in total. The van der Waals surface area contributed by atoms with Crippen molar-refractivity contribution in [2.75, 3.05) is 19.6 Å². The van der Waals surface area contributed by atoms with E-state index in [1.807, 2.05) is 23.9 Å². The van der Waals surface area contributed by atoms with Crippen LogP contribution in [0.2, 0.25) is 5.02 Å². The van der Waals surface area contributed by atoms with Crippen molar-refractivity contribution >= 4 is 34.4 Å². The van der Waals surface area contributed by atoms with Gasteiger partial charge in [0, 0.05) is 16.5 Å². The van der Waals surface area contributed by atoms with Crippen LogP contribution in [0, 0.1) is 0 Å². The van der Waals surface area contributed by atoms with Gasteiger partial charge in [0.2, 0.25) is 0 Å². The molecule has 2 aromatic carbocycles. The van der Waals surface area contributed by atoms with Crippen molar-refractivity contribution in [3.05, 3.63) is 59.4 Å². The fourth-order valence-corrected chi connectivity index (χ4v) is 4.69. The Kier molecular flexibility index (Phi) is 9.57. The SMILES string of the molecule is CCCCN(CCCC)CCCn1c(CSc2ccc(Cl)cc2)nc2ccccc21. The summed E-state index contributed by atoms with van der Waals surface area (Å²) in [5.41, 5.74) is 2.34. The molecule has 0 aliphatic carbocycles. The Bertz CT molecular complexity index is 883. The molecule has 0 amide bonds. The molecule has 3 aromatic rings. The molecule has 0 atom stereocenters. The average molecular weight is 444 g/mol. The monoisotopic (exact) mass is 443 g/mol. The fourth-order valence-electron chi connectivity index (χ4n) is 3.72. The smallest absolute Gasteiger partial charge is 0.120 e. The van der Waals surface area contributed by atoms with Crippen LogP contribution in [0.4, 0.5) is 0 Å². The van der Waals surface area contributed by atoms with E-state index in [1.165, 1.54) is 49.2 Å². The lowest BCUT2D eigenvalue weighted by molar-refractivity contribution is 0.257. The summed E-state index contributed by atoms with van der Waals surface area (Å²) in [4.78, 5) is 8.82. The Morgan fingerprint density at radius 3 is 2.27 bits per heavy atom. The van der Waals surface area contributed by atoms with Crippen LogP contribution in [0.5, 0.6) is 0 Å². The molecular weight excluding hydrogens is 410 g/mol. The number of rotatable bonds is 13. The third-order valence-corrected chi connectivity index (χ3v) is 6.69. The largest absolute Gasteiger partial charge is 0.327 e. The maximum Gasteiger partial charge on any atom is 0.120 e. The molecule has 162 valence electrons. The van der Waals surface area contributed by atoms with Crippen molar-refractivity contribution in [2.45, 2.75) is 63.1 Å². The van der Waals surface area contributed by atoms with E-state index in [9.17, 15) is 0 Å². The van der Waals surface area contributed by atoms with Gasteiger partial charge in [-0.25, -0.2) is 4.98 Å². The van der Waals surface area contributed by atoms with Crippen molar-refractivity contribution in [3.63, 3.8) is 0 Å². The normalized spacial score (nSPS) is 11.6. The van der Waals surface area contributed by atoms with Gasteiger partial charge < -0.3 is 9.47 Å². The van der Waals surface area contributed by atoms with Crippen molar-refractivity contribution in [3.8, 4) is 0 Å². The number of hydrogen-bond donors (Lipinski definition) is 0. The molecular formula is C25H34ClN3S. The van der Waals surface area contributed by atoms with E-state index in [-0.39, 0.29) is 0 Å². The molecule has 5 heteroatoms. The zero-order valence-corrected chi connectivity index (χ0v) is 19.9. The molecule has 0 aliphatic rings. The first-order chi connectivity index (χ1) is 14.7. The minimum Gasteiger partial charge on any atom is -0.327 e. The van der Waals surface area contributed by atoms with Crippen molar-refractivity contribution in [2.24, 2.45) is 0 Å². The molecule has 0 spiro atoms. The van der Waals surface area contributed by atoms with Gasteiger partial charge in [0.05, 0.1) is 16.8 Å². The highest BCUT2D eigenvalue weighted by molar-refractivity contribution is 7.98. The lowest BCUT2D eigenvalue weighted by Gasteiger charge is -2.22. The lowest BCUT2D eigenvalue weighted by Crippen LogP contribution is -2.28. The Labute approximate surface area is 190 Å². The van der Waals surface area contributed by atoms with Crippen molar-refractivity contribution < 1.29 is 0 Å². The standard InChI is InChI=1S/C25H34ClN3S/c1-3-5-16-28(17-6-4-2)18-9-19-29-24-11-8-7-10-23(24)27-25(29)20-30-22-14-12-21(26)13-15-22/h7-8,10-15H,3-6,9,16-20H2,1-2H3. The number of hydrogen-bond acceptors (Lipinski definition) is 3. The van der Waals surface area contributed by atoms with Crippen LogP contribution in [0.25, 0.3) is 11.0 Å². The Hall–Kier alpha value is -1.49. The van der Waals surface area contributed by atoms with Crippen LogP contribution in [0.1, 0.15) is 51.8 Å². The lowest BCUT2D eigenvalue weighted by atomic mass is 10.2. The molecule has 1 aromatic heterocycles. The number of para-hydroxylation sites is 2. The van der Waals surface area contributed by atoms with E-state index in [0.717, 1.165) is 41.6 Å². The summed E-state index contributed by atoms with van der Waals surface area (Å²) >= 11 is 7.85. The summed E-state index contributed by atoms with van der Waals surface area (Å²) in [6, 6.07) is 16.6. The van der Waals surface area contributed by atoms with E-state index in [0.29, 0.717) is 0 Å². The van der Waals surface area contributed by atoms with Crippen LogP contribution < -0.4 is 0 Å². The highest BCUT2D eigenvalue weighted by atomic mass is 35.5. The molecule has 1 heterocycles. The number of benzene rings is 2. The number of unbranched alkanes of at least 4 members (excludes halogenated alkanes) is 2. The van der Waals surface area contributed by atoms with Crippen molar-refractivity contribution in [1.29, 1.82) is 0 Å². The van der Waals surface area contributed by atoms with Gasteiger partial charge in [-0.2, -0.15) is 0 Å². The van der Waals surface area contributed by atoms with Crippen LogP contribution in [-0.2, 0) is 12.3 Å². The summed E-state index contributed by atoms with van der Waals surface area (Å²) in [5, 5.41) is 0.780. The number of fused-ring (bicyclic) bond motifs is 1. The predicted molar refractivity (Wildman–Crippen MR) is 132 cm³/mol. The van der Waals surface area contributed by atoms with Crippen LogP contribution in [0.15, 0.2) is 53.4 Å². The molecule has 0 saturated carbocycles. The number of halogens is 1. The van der Waals surface area contributed by atoms with Gasteiger partial charge in [-0.05, 0) is 75.3 Å². The van der Waals surface area contributed by atoms with Crippen LogP contribution in [0.3, 0.4) is 0 Å². The third kappa shape index (κ3) is 6.76. The topological polar surface area (TPSA) is 21.1 Å². The summed E-state index contributed by atoms with van der Waals surface area (Å²) in [5.74, 6) is 2.02. The van der Waals surface area contributed by atoms with Gasteiger partial charge in [0.1, 0.15) is 5.82 Å². The van der Waals surface area contributed by atoms with E-state index >= 15 is 0 Å². The van der Waals surface area contributed by atoms with Gasteiger partial charge in [0.15, 0.2) is 0 Å². The average Bonchev–Trinajstić information content (AvgIpc) is 3.12. The summed E-state index contributed by atoms with van der Waals surface area (Å²) in [6.45, 7) is 9.18. The second-order valence-electron chi connectivity index (χ2n) is 7.81. The predicted octanol–water partition coefficient (Wildman–Crippen LogP) is 7.27. The summed E-state index contributed by atoms with van der Waals surface area (Å²) in [6.07, 6.45) is 6.27. The molecule has 3 rings (SSSR count). The Balaban J connectivity index is 1.67. The first kappa shape index (κ1) is 23.2. The molecule has 0 unspecified atom stereocenters. The van der Waals surface area contributed by atoms with Crippen molar-refractivity contribution in [1.82, 2.24) is 14.5 Å². The minimum atomic E-state index is 0.780. The quantitative estimate of drug-likeness (QED) is 0.259. The maximum atomic E-state index is 6.02. The van der Waals surface area contributed by atoms with Gasteiger partial charge >= 0.3 is 0 Å². The fraction of sp³-hybridized carbons (Fsp3) is 0.480. The molecule has 0 fully saturated rings. The highest BCUT2D eigenvalue weighted by Crippen LogP contribution is 2.26. The number of thioether (sulfide) groups is 1. The molecule has 0 radical (unpaired) electrons. The second kappa shape index (κ2) is 12.4. The zero-order valence-electron chi connectivity index (χ0n) is 18.3. The molecule has 3 nitrogen and oxygen atoms in total. The number of imidazole rings is 1. The molecule has 0 saturated heterocycles. The minimum absolute atomic E-state index is 0.780. The highest BCUT2D eigenvalue weighted by Gasteiger charge is 2.12. The Morgan fingerprint density at radius 2 is 1.57 bits per heavy atom. The maximum absolute atomic E-state index is 6.02. The van der Waals surface area contributed by atoms with Gasteiger partial charge in [-0.15, -0.1) is 11.8 Å². The van der Waals surface area contributed by atoms with Crippen LogP contribution in [-0.4, -0.2) is 34.1 Å². The molecule has 0 bridgehead atoms. The van der Waals surface area contributed by atoms with Gasteiger partial charge in [-0.1, -0.05) is 50.4 Å². The molecule has 0 aliphatic heterocycles.